The summed E-state index contributed by atoms with van der Waals surface area (Å²) >= 11 is 0. The maximum absolute atomic E-state index is 3.65. The van der Waals surface area contributed by atoms with Crippen molar-refractivity contribution in [1.82, 2.24) is 10.2 Å². The molecule has 1 aliphatic heterocycles. The lowest BCUT2D eigenvalue weighted by molar-refractivity contribution is 0.138. The van der Waals surface area contributed by atoms with Gasteiger partial charge in [0.15, 0.2) is 0 Å². The minimum Gasteiger partial charge on any atom is -0.313 e. The minimum absolute atomic E-state index is 0.706. The number of nitrogens with one attached hydrogen (secondary N) is 1. The monoisotopic (exact) mass is 238 g/mol. The van der Waals surface area contributed by atoms with Crippen LogP contribution in [0.4, 0.5) is 0 Å². The van der Waals surface area contributed by atoms with E-state index in [4.69, 9.17) is 0 Å². The maximum atomic E-state index is 3.65. The Balaban J connectivity index is 1.88. The van der Waals surface area contributed by atoms with Crippen molar-refractivity contribution >= 4 is 0 Å². The van der Waals surface area contributed by atoms with Crippen molar-refractivity contribution in [2.24, 2.45) is 5.92 Å². The van der Waals surface area contributed by atoms with Crippen LogP contribution in [0.25, 0.3) is 0 Å². The first-order chi connectivity index (χ1) is 8.20. The molecule has 0 aromatic heterocycles. The van der Waals surface area contributed by atoms with Gasteiger partial charge in [0.25, 0.3) is 0 Å². The van der Waals surface area contributed by atoms with Crippen molar-refractivity contribution in [1.29, 1.82) is 0 Å². The van der Waals surface area contributed by atoms with E-state index in [0.29, 0.717) is 6.04 Å². The molecule has 100 valence electrons. The van der Waals surface area contributed by atoms with Crippen molar-refractivity contribution in [3.05, 3.63) is 0 Å². The van der Waals surface area contributed by atoms with E-state index in [9.17, 15) is 0 Å². The predicted molar refractivity (Wildman–Crippen MR) is 74.3 cm³/mol. The summed E-state index contributed by atoms with van der Waals surface area (Å²) in [7, 11) is 0. The normalized spacial score (nSPS) is 34.1. The van der Waals surface area contributed by atoms with Crippen LogP contribution in [0, 0.1) is 5.92 Å². The average molecular weight is 238 g/mol. The first-order valence-corrected chi connectivity index (χ1v) is 7.69. The van der Waals surface area contributed by atoms with Gasteiger partial charge in [-0.3, -0.25) is 4.90 Å². The molecule has 1 saturated heterocycles. The Kier molecular flexibility index (Phi) is 4.87. The number of hydrogen-bond acceptors (Lipinski definition) is 2. The maximum Gasteiger partial charge on any atom is 0.0195 e. The summed E-state index contributed by atoms with van der Waals surface area (Å²) in [5, 5.41) is 3.65. The van der Waals surface area contributed by atoms with E-state index in [1.54, 1.807) is 0 Å². The van der Waals surface area contributed by atoms with Crippen molar-refractivity contribution < 1.29 is 0 Å². The van der Waals surface area contributed by atoms with Gasteiger partial charge in [-0.15, -0.1) is 0 Å². The van der Waals surface area contributed by atoms with E-state index in [1.807, 2.05) is 0 Å². The van der Waals surface area contributed by atoms with Gasteiger partial charge in [0, 0.05) is 24.7 Å². The third-order valence-corrected chi connectivity index (χ3v) is 4.82. The molecule has 0 aromatic rings. The molecule has 0 amide bonds. The lowest BCUT2D eigenvalue weighted by Gasteiger charge is -2.35. The van der Waals surface area contributed by atoms with Gasteiger partial charge in [0.05, 0.1) is 0 Å². The summed E-state index contributed by atoms with van der Waals surface area (Å²) in [6.07, 6.45) is 8.48. The zero-order chi connectivity index (χ0) is 12.3. The summed E-state index contributed by atoms with van der Waals surface area (Å²) in [5.74, 6) is 0.998. The van der Waals surface area contributed by atoms with E-state index in [0.717, 1.165) is 18.0 Å². The molecule has 0 spiro atoms. The Hall–Kier alpha value is -0.0800. The molecule has 2 aliphatic rings. The van der Waals surface area contributed by atoms with Gasteiger partial charge in [-0.05, 0) is 58.4 Å². The van der Waals surface area contributed by atoms with Crippen LogP contribution >= 0.6 is 0 Å². The quantitative estimate of drug-likeness (QED) is 0.792. The molecule has 3 atom stereocenters. The van der Waals surface area contributed by atoms with Crippen LogP contribution in [-0.2, 0) is 0 Å². The molecule has 0 bridgehead atoms. The Morgan fingerprint density at radius 1 is 1.24 bits per heavy atom. The summed E-state index contributed by atoms with van der Waals surface area (Å²) < 4.78 is 0. The topological polar surface area (TPSA) is 15.3 Å². The molecule has 1 heterocycles. The highest BCUT2D eigenvalue weighted by molar-refractivity contribution is 4.87. The summed E-state index contributed by atoms with van der Waals surface area (Å²) in [5.41, 5.74) is 0. The van der Waals surface area contributed by atoms with Crippen molar-refractivity contribution in [3.63, 3.8) is 0 Å². The zero-order valence-corrected chi connectivity index (χ0v) is 11.9. The first kappa shape index (κ1) is 13.4. The van der Waals surface area contributed by atoms with Gasteiger partial charge in [-0.25, -0.2) is 0 Å². The highest BCUT2D eigenvalue weighted by atomic mass is 15.2. The third kappa shape index (κ3) is 3.45. The molecule has 2 nitrogen and oxygen atoms in total. The molecule has 17 heavy (non-hydrogen) atoms. The second-order valence-corrected chi connectivity index (χ2v) is 6.32. The van der Waals surface area contributed by atoms with Crippen LogP contribution < -0.4 is 5.32 Å². The van der Waals surface area contributed by atoms with E-state index in [2.05, 4.69) is 31.0 Å². The second kappa shape index (κ2) is 6.19. The molecule has 2 heteroatoms. The van der Waals surface area contributed by atoms with Crippen LogP contribution in [0.15, 0.2) is 0 Å². The molecule has 3 unspecified atom stereocenters. The molecular weight excluding hydrogens is 208 g/mol. The van der Waals surface area contributed by atoms with Crippen LogP contribution in [0.2, 0.25) is 0 Å². The van der Waals surface area contributed by atoms with Crippen molar-refractivity contribution in [2.45, 2.75) is 77.4 Å². The van der Waals surface area contributed by atoms with Crippen molar-refractivity contribution in [2.75, 3.05) is 13.1 Å². The van der Waals surface area contributed by atoms with E-state index >= 15 is 0 Å². The lowest BCUT2D eigenvalue weighted by atomic mass is 10.0. The highest BCUT2D eigenvalue weighted by Crippen LogP contribution is 2.32. The van der Waals surface area contributed by atoms with Gasteiger partial charge < -0.3 is 5.32 Å². The van der Waals surface area contributed by atoms with Gasteiger partial charge in [0.2, 0.25) is 0 Å². The zero-order valence-electron chi connectivity index (χ0n) is 11.9. The fourth-order valence-electron chi connectivity index (χ4n) is 3.67. The molecule has 0 aromatic carbocycles. The van der Waals surface area contributed by atoms with E-state index in [-0.39, 0.29) is 0 Å². The number of hydrogen-bond donors (Lipinski definition) is 1. The standard InChI is InChI=1S/C15H30N2/c1-4-13-7-8-15(10-13)17(12(2)3)11-14-6-5-9-16-14/h12-16H,4-11H2,1-3H3. The number of nitrogens with zero attached hydrogens (tertiary/aromatic N) is 1. The third-order valence-electron chi connectivity index (χ3n) is 4.82. The number of rotatable bonds is 5. The first-order valence-electron chi connectivity index (χ1n) is 7.69. The molecular formula is C15H30N2. The lowest BCUT2D eigenvalue weighted by Crippen LogP contribution is -2.46. The molecule has 1 saturated carbocycles. The Bertz CT molecular complexity index is 221. The van der Waals surface area contributed by atoms with Crippen LogP contribution in [-0.4, -0.2) is 36.1 Å². The summed E-state index contributed by atoms with van der Waals surface area (Å²) in [4.78, 5) is 2.78. The van der Waals surface area contributed by atoms with E-state index < -0.39 is 0 Å². The Morgan fingerprint density at radius 2 is 2.06 bits per heavy atom. The molecule has 1 aliphatic carbocycles. The van der Waals surface area contributed by atoms with E-state index in [1.165, 1.54) is 51.6 Å². The molecule has 0 radical (unpaired) electrons. The van der Waals surface area contributed by atoms with Crippen LogP contribution in [0.5, 0.6) is 0 Å². The minimum atomic E-state index is 0.706. The highest BCUT2D eigenvalue weighted by Gasteiger charge is 2.31. The van der Waals surface area contributed by atoms with Gasteiger partial charge >= 0.3 is 0 Å². The Morgan fingerprint density at radius 3 is 2.59 bits per heavy atom. The SMILES string of the molecule is CCC1CCC(N(CC2CCCN2)C(C)C)C1. The van der Waals surface area contributed by atoms with Crippen molar-refractivity contribution in [3.8, 4) is 0 Å². The molecule has 1 N–H and O–H groups in total. The van der Waals surface area contributed by atoms with Gasteiger partial charge in [-0.1, -0.05) is 13.3 Å². The summed E-state index contributed by atoms with van der Waals surface area (Å²) in [6, 6.07) is 2.33. The fraction of sp³-hybridized carbons (Fsp3) is 1.00. The van der Waals surface area contributed by atoms with Gasteiger partial charge in [0.1, 0.15) is 0 Å². The smallest absolute Gasteiger partial charge is 0.0195 e. The largest absolute Gasteiger partial charge is 0.313 e. The van der Waals surface area contributed by atoms with Crippen LogP contribution in [0.3, 0.4) is 0 Å². The molecule has 2 fully saturated rings. The average Bonchev–Trinajstić information content (AvgIpc) is 2.96. The second-order valence-electron chi connectivity index (χ2n) is 6.32. The van der Waals surface area contributed by atoms with Crippen LogP contribution in [0.1, 0.15) is 59.3 Å². The summed E-state index contributed by atoms with van der Waals surface area (Å²) in [6.45, 7) is 9.60. The fourth-order valence-corrected chi connectivity index (χ4v) is 3.67. The Labute approximate surface area is 107 Å². The molecule has 2 rings (SSSR count). The van der Waals surface area contributed by atoms with Gasteiger partial charge in [-0.2, -0.15) is 0 Å². The predicted octanol–water partition coefficient (Wildman–Crippen LogP) is 3.03.